The van der Waals surface area contributed by atoms with E-state index in [1.165, 1.54) is 4.88 Å². The molecule has 0 aromatic carbocycles. The molecule has 2 aromatic heterocycles. The Labute approximate surface area is 162 Å². The second-order valence-corrected chi connectivity index (χ2v) is 8.47. The number of amides is 1. The molecule has 0 saturated carbocycles. The van der Waals surface area contributed by atoms with Gasteiger partial charge in [-0.15, -0.1) is 22.7 Å². The molecule has 0 spiro atoms. The lowest BCUT2D eigenvalue weighted by Gasteiger charge is -2.35. The Morgan fingerprint density at radius 1 is 1.08 bits per heavy atom. The number of carbonyl (C=O) groups is 1. The van der Waals surface area contributed by atoms with Crippen molar-refractivity contribution in [1.29, 1.82) is 0 Å². The van der Waals surface area contributed by atoms with Gasteiger partial charge in [0, 0.05) is 51.2 Å². The van der Waals surface area contributed by atoms with Gasteiger partial charge in [0.05, 0.1) is 30.3 Å². The van der Waals surface area contributed by atoms with Crippen LogP contribution in [0.4, 0.5) is 0 Å². The number of morpholine rings is 1. The predicted molar refractivity (Wildman–Crippen MR) is 105 cm³/mol. The summed E-state index contributed by atoms with van der Waals surface area (Å²) in [7, 11) is 0. The normalized spacial score (nSPS) is 19.8. The van der Waals surface area contributed by atoms with Gasteiger partial charge >= 0.3 is 0 Å². The fourth-order valence-corrected chi connectivity index (χ4v) is 4.96. The number of rotatable bonds is 5. The number of hydrogen-bond acceptors (Lipinski definition) is 7. The molecule has 0 N–H and O–H groups in total. The minimum Gasteiger partial charge on any atom is -0.378 e. The highest BCUT2D eigenvalue weighted by Gasteiger charge is 2.23. The molecule has 2 aromatic rings. The molecule has 0 atom stereocenters. The van der Waals surface area contributed by atoms with Gasteiger partial charge in [0.25, 0.3) is 0 Å². The van der Waals surface area contributed by atoms with E-state index in [4.69, 9.17) is 9.72 Å². The van der Waals surface area contributed by atoms with Crippen molar-refractivity contribution in [2.45, 2.75) is 6.54 Å². The first-order valence-electron chi connectivity index (χ1n) is 9.06. The molecule has 26 heavy (non-hydrogen) atoms. The molecule has 0 unspecified atom stereocenters. The van der Waals surface area contributed by atoms with E-state index < -0.39 is 0 Å². The average molecular weight is 393 g/mol. The van der Waals surface area contributed by atoms with Crippen molar-refractivity contribution < 1.29 is 9.53 Å². The molecular weight excluding hydrogens is 368 g/mol. The summed E-state index contributed by atoms with van der Waals surface area (Å²) in [5.74, 6) is 0.238. The van der Waals surface area contributed by atoms with Crippen LogP contribution in [0.2, 0.25) is 0 Å². The molecule has 0 aliphatic carbocycles. The maximum Gasteiger partial charge on any atom is 0.236 e. The first kappa shape index (κ1) is 18.1. The summed E-state index contributed by atoms with van der Waals surface area (Å²) in [6, 6.07) is 4.19. The maximum absolute atomic E-state index is 12.4. The molecular formula is C18H24N4O2S2. The molecule has 2 saturated heterocycles. The topological polar surface area (TPSA) is 48.9 Å². The van der Waals surface area contributed by atoms with Gasteiger partial charge in [-0.25, -0.2) is 4.98 Å². The summed E-state index contributed by atoms with van der Waals surface area (Å²) in [6.07, 6.45) is 0. The first-order valence-corrected chi connectivity index (χ1v) is 10.8. The molecule has 4 rings (SSSR count). The van der Waals surface area contributed by atoms with Crippen molar-refractivity contribution in [1.82, 2.24) is 19.7 Å². The number of thiazole rings is 1. The van der Waals surface area contributed by atoms with Crippen molar-refractivity contribution in [3.8, 4) is 9.88 Å². The fourth-order valence-electron chi connectivity index (χ4n) is 3.33. The lowest BCUT2D eigenvalue weighted by atomic mass is 10.3. The van der Waals surface area contributed by atoms with Crippen LogP contribution in [0.1, 0.15) is 5.69 Å². The van der Waals surface area contributed by atoms with Crippen molar-refractivity contribution in [2.24, 2.45) is 0 Å². The van der Waals surface area contributed by atoms with E-state index in [0.717, 1.165) is 56.5 Å². The average Bonchev–Trinajstić information content (AvgIpc) is 3.36. The molecule has 2 aliphatic heterocycles. The van der Waals surface area contributed by atoms with E-state index in [9.17, 15) is 4.79 Å². The Morgan fingerprint density at radius 2 is 1.85 bits per heavy atom. The molecule has 0 bridgehead atoms. The first-order chi connectivity index (χ1) is 12.8. The summed E-state index contributed by atoms with van der Waals surface area (Å²) in [5, 5.41) is 5.38. The summed E-state index contributed by atoms with van der Waals surface area (Å²) in [5.41, 5.74) is 1.15. The Kier molecular flexibility index (Phi) is 5.96. The van der Waals surface area contributed by atoms with Crippen LogP contribution in [-0.2, 0) is 16.1 Å². The zero-order valence-electron chi connectivity index (χ0n) is 14.8. The fraction of sp³-hybridized carbons (Fsp3) is 0.556. The Hall–Kier alpha value is -1.32. The number of thiophene rings is 1. The summed E-state index contributed by atoms with van der Waals surface area (Å²) in [4.78, 5) is 25.0. The van der Waals surface area contributed by atoms with Crippen LogP contribution in [-0.4, -0.2) is 84.6 Å². The number of ether oxygens (including phenoxy) is 1. The van der Waals surface area contributed by atoms with Gasteiger partial charge in [-0.05, 0) is 11.4 Å². The van der Waals surface area contributed by atoms with Crippen molar-refractivity contribution in [3.63, 3.8) is 0 Å². The molecule has 140 valence electrons. The molecule has 2 aliphatic rings. The quantitative estimate of drug-likeness (QED) is 0.777. The third-order valence-electron chi connectivity index (χ3n) is 4.86. The van der Waals surface area contributed by atoms with Crippen LogP contribution in [0.15, 0.2) is 22.9 Å². The zero-order valence-corrected chi connectivity index (χ0v) is 16.4. The minimum absolute atomic E-state index is 0.238. The minimum atomic E-state index is 0.238. The Morgan fingerprint density at radius 3 is 2.58 bits per heavy atom. The number of hydrogen-bond donors (Lipinski definition) is 0. The third kappa shape index (κ3) is 4.50. The van der Waals surface area contributed by atoms with Crippen LogP contribution in [0.25, 0.3) is 9.88 Å². The molecule has 4 heterocycles. The number of piperazine rings is 1. The SMILES string of the molecule is O=C(CN1CCN(Cc2csc(-c3cccs3)n2)CC1)N1CCOCC1. The number of carbonyl (C=O) groups excluding carboxylic acids is 1. The molecule has 2 fully saturated rings. The standard InChI is InChI=1S/C18H24N4O2S2/c23-17(22-7-9-24-10-8-22)13-21-5-3-20(4-6-21)12-15-14-26-18(19-15)16-2-1-11-25-16/h1-2,11,14H,3-10,12-13H2. The Bertz CT molecular complexity index is 705. The van der Waals surface area contributed by atoms with Gasteiger partial charge < -0.3 is 9.64 Å². The smallest absolute Gasteiger partial charge is 0.236 e. The highest BCUT2D eigenvalue weighted by Crippen LogP contribution is 2.28. The van der Waals surface area contributed by atoms with E-state index >= 15 is 0 Å². The predicted octanol–water partition coefficient (Wildman–Crippen LogP) is 1.85. The molecule has 6 nitrogen and oxygen atoms in total. The van der Waals surface area contributed by atoms with E-state index in [1.54, 1.807) is 22.7 Å². The summed E-state index contributed by atoms with van der Waals surface area (Å²) >= 11 is 3.46. The van der Waals surface area contributed by atoms with E-state index in [1.807, 2.05) is 4.90 Å². The monoisotopic (exact) mass is 392 g/mol. The van der Waals surface area contributed by atoms with E-state index in [2.05, 4.69) is 32.7 Å². The maximum atomic E-state index is 12.4. The zero-order chi connectivity index (χ0) is 17.8. The summed E-state index contributed by atoms with van der Waals surface area (Å²) in [6.45, 7) is 8.09. The summed E-state index contributed by atoms with van der Waals surface area (Å²) < 4.78 is 5.32. The van der Waals surface area contributed by atoms with Gasteiger partial charge in [0.2, 0.25) is 5.91 Å². The molecule has 0 radical (unpaired) electrons. The lowest BCUT2D eigenvalue weighted by Crippen LogP contribution is -2.51. The highest BCUT2D eigenvalue weighted by atomic mass is 32.1. The molecule has 8 heteroatoms. The van der Waals surface area contributed by atoms with Gasteiger partial charge in [-0.1, -0.05) is 6.07 Å². The van der Waals surface area contributed by atoms with Crippen LogP contribution in [0.5, 0.6) is 0 Å². The van der Waals surface area contributed by atoms with Crippen LogP contribution < -0.4 is 0 Å². The van der Waals surface area contributed by atoms with Gasteiger partial charge in [0.1, 0.15) is 5.01 Å². The molecule has 1 amide bonds. The van der Waals surface area contributed by atoms with Crippen molar-refractivity contribution >= 4 is 28.6 Å². The lowest BCUT2D eigenvalue weighted by molar-refractivity contribution is -0.136. The second kappa shape index (κ2) is 8.58. The van der Waals surface area contributed by atoms with Crippen molar-refractivity contribution in [2.75, 3.05) is 59.0 Å². The second-order valence-electron chi connectivity index (χ2n) is 6.67. The van der Waals surface area contributed by atoms with Crippen LogP contribution in [0, 0.1) is 0 Å². The third-order valence-corrected chi connectivity index (χ3v) is 6.79. The van der Waals surface area contributed by atoms with E-state index in [-0.39, 0.29) is 5.91 Å². The number of aromatic nitrogens is 1. The van der Waals surface area contributed by atoms with Crippen LogP contribution in [0.3, 0.4) is 0 Å². The largest absolute Gasteiger partial charge is 0.378 e. The van der Waals surface area contributed by atoms with Crippen molar-refractivity contribution in [3.05, 3.63) is 28.6 Å². The van der Waals surface area contributed by atoms with Gasteiger partial charge in [-0.3, -0.25) is 14.6 Å². The Balaban J connectivity index is 1.23. The van der Waals surface area contributed by atoms with Gasteiger partial charge in [-0.2, -0.15) is 0 Å². The van der Waals surface area contributed by atoms with Crippen LogP contribution >= 0.6 is 22.7 Å². The van der Waals surface area contributed by atoms with Gasteiger partial charge in [0.15, 0.2) is 0 Å². The highest BCUT2D eigenvalue weighted by molar-refractivity contribution is 7.20. The number of nitrogens with zero attached hydrogens (tertiary/aromatic N) is 4. The van der Waals surface area contributed by atoms with E-state index in [0.29, 0.717) is 19.8 Å².